The van der Waals surface area contributed by atoms with Crippen LogP contribution in [-0.2, 0) is 44.4 Å². The summed E-state index contributed by atoms with van der Waals surface area (Å²) in [6, 6.07) is 10.1. The lowest BCUT2D eigenvalue weighted by atomic mass is 9.68. The lowest BCUT2D eigenvalue weighted by Gasteiger charge is -2.53. The summed E-state index contributed by atoms with van der Waals surface area (Å²) in [6.07, 6.45) is 17.9. The molecule has 318 valence electrons. The maximum absolute atomic E-state index is 13.1. The fraction of sp³-hybridized carbons (Fsp3) is 0.404. The molecule has 2 aliphatic heterocycles. The number of piperidine rings is 2. The molecule has 2 fully saturated rings. The van der Waals surface area contributed by atoms with Crippen LogP contribution in [0.2, 0.25) is 0 Å². The minimum absolute atomic E-state index is 0.0422. The monoisotopic (exact) mass is 952 g/mol. The highest BCUT2D eigenvalue weighted by atomic mass is 79.9. The standard InChI is InChI=1S/C47H50Br2N6O6/c1-7-9-38-36-18-46(58-5)16-28(26-60-44(56)30-12-33(48)21-50-19-30)23-52(2)40(46)14-32(36)25-55(38)43-35-15-41-47(59-6,37-10-8-11-39(42(35)37)54(43)4)17-29(24-53(41)3)27-61-45(57)31-13-34(49)22-51-20-31/h7-13,18-22,25,28-29,40-41H,1,14-17,23-24,26-27H2,2-6H3/t28-,29-,40-,41-,46+,47+/m1/s1. The van der Waals surface area contributed by atoms with E-state index in [2.05, 4.69) is 125 Å². The van der Waals surface area contributed by atoms with Crippen LogP contribution in [0.1, 0.15) is 50.2 Å². The van der Waals surface area contributed by atoms with Crippen LogP contribution in [0.5, 0.6) is 0 Å². The molecule has 9 rings (SSSR count). The third-order valence-corrected chi connectivity index (χ3v) is 14.5. The average Bonchev–Trinajstić information content (AvgIpc) is 3.74. The number of likely N-dealkylation sites (tertiary alicyclic amines) is 2. The Morgan fingerprint density at radius 3 is 2.11 bits per heavy atom. The fourth-order valence-electron chi connectivity index (χ4n) is 11.0. The number of nitrogens with zero attached hydrogens (tertiary/aromatic N) is 6. The summed E-state index contributed by atoms with van der Waals surface area (Å²) in [5.74, 6) is 0.449. The van der Waals surface area contributed by atoms with E-state index in [-0.39, 0.29) is 49.1 Å². The molecular weight excluding hydrogens is 904 g/mol. The highest BCUT2D eigenvalue weighted by molar-refractivity contribution is 9.10. The fourth-order valence-corrected chi connectivity index (χ4v) is 11.8. The van der Waals surface area contributed by atoms with Crippen molar-refractivity contribution >= 4 is 66.9 Å². The van der Waals surface area contributed by atoms with Crippen LogP contribution in [0.3, 0.4) is 0 Å². The molecule has 4 aromatic heterocycles. The second kappa shape index (κ2) is 16.4. The highest BCUT2D eigenvalue weighted by Crippen LogP contribution is 2.51. The predicted molar refractivity (Wildman–Crippen MR) is 240 cm³/mol. The number of hydrogen-bond acceptors (Lipinski definition) is 10. The molecule has 0 spiro atoms. The minimum Gasteiger partial charge on any atom is -0.462 e. The summed E-state index contributed by atoms with van der Waals surface area (Å²) in [5, 5.41) is 3.39. The topological polar surface area (TPSA) is 113 Å². The number of ether oxygens (including phenoxy) is 4. The number of pyridine rings is 2. The molecule has 6 heterocycles. The van der Waals surface area contributed by atoms with Crippen LogP contribution in [0.4, 0.5) is 0 Å². The van der Waals surface area contributed by atoms with Crippen molar-refractivity contribution in [3.63, 3.8) is 0 Å². The third kappa shape index (κ3) is 7.13. The summed E-state index contributed by atoms with van der Waals surface area (Å²) in [4.78, 5) is 39.1. The molecule has 0 saturated carbocycles. The van der Waals surface area contributed by atoms with Gasteiger partial charge in [-0.2, -0.15) is 0 Å². The Hall–Kier alpha value is -4.44. The number of aromatic nitrogens is 4. The molecule has 61 heavy (non-hydrogen) atoms. The average molecular weight is 955 g/mol. The van der Waals surface area contributed by atoms with E-state index in [1.165, 1.54) is 28.9 Å². The molecular formula is C47H50Br2N6O6. The number of carbonyl (C=O) groups excluding carboxylic acids is 2. The van der Waals surface area contributed by atoms with Gasteiger partial charge < -0.3 is 28.1 Å². The molecule has 0 radical (unpaired) electrons. The summed E-state index contributed by atoms with van der Waals surface area (Å²) < 4.78 is 31.1. The summed E-state index contributed by atoms with van der Waals surface area (Å²) in [7, 11) is 10.1. The SMILES string of the molecule is C=CC=c1c2c(cn1-c1c3c4c(cccc4n1C)[C@@]1(OC)C[C@@H](COC(=O)c4cncc(Br)c4)CN(C)[C@@H]1C3)C[C@H]1N(C)C[C@H](COC(=O)c3cncc(Br)c3)C[C@]1(OC)C=2. The number of aryl methyl sites for hydroxylation is 1. The first-order valence-corrected chi connectivity index (χ1v) is 22.2. The van der Waals surface area contributed by atoms with Gasteiger partial charge in [0, 0.05) is 114 Å². The number of halogens is 2. The number of fused-ring (bicyclic) bond motifs is 4. The number of carbonyl (C=O) groups is 2. The van der Waals surface area contributed by atoms with Crippen LogP contribution in [0.15, 0.2) is 82.9 Å². The molecule has 0 unspecified atom stereocenters. The number of rotatable bonds is 10. The second-order valence-corrected chi connectivity index (χ2v) is 19.0. The Labute approximate surface area is 372 Å². The summed E-state index contributed by atoms with van der Waals surface area (Å²) >= 11 is 6.81. The summed E-state index contributed by atoms with van der Waals surface area (Å²) in [6.45, 7) is 6.24. The number of allylic oxidation sites excluding steroid dienone is 1. The molecule has 2 saturated heterocycles. The van der Waals surface area contributed by atoms with E-state index in [0.29, 0.717) is 24.0 Å². The number of hydrogen-bond donors (Lipinski definition) is 0. The van der Waals surface area contributed by atoms with Crippen molar-refractivity contribution in [3.8, 4) is 5.82 Å². The van der Waals surface area contributed by atoms with E-state index in [1.54, 1.807) is 31.6 Å². The van der Waals surface area contributed by atoms with Crippen molar-refractivity contribution in [2.45, 2.75) is 49.0 Å². The van der Waals surface area contributed by atoms with Gasteiger partial charge >= 0.3 is 11.9 Å². The van der Waals surface area contributed by atoms with Gasteiger partial charge in [0.1, 0.15) is 17.0 Å². The van der Waals surface area contributed by atoms with Crippen LogP contribution in [0.25, 0.3) is 28.9 Å². The first-order chi connectivity index (χ1) is 29.4. The lowest BCUT2D eigenvalue weighted by Crippen LogP contribution is -2.62. The van der Waals surface area contributed by atoms with Gasteiger partial charge in [0.2, 0.25) is 0 Å². The first kappa shape index (κ1) is 41.9. The van der Waals surface area contributed by atoms with Crippen molar-refractivity contribution in [3.05, 3.63) is 121 Å². The van der Waals surface area contributed by atoms with Crippen LogP contribution >= 0.6 is 31.9 Å². The Morgan fingerprint density at radius 1 is 0.869 bits per heavy atom. The van der Waals surface area contributed by atoms with Gasteiger partial charge in [0.05, 0.1) is 35.2 Å². The zero-order valence-electron chi connectivity index (χ0n) is 35.1. The zero-order valence-corrected chi connectivity index (χ0v) is 38.2. The van der Waals surface area contributed by atoms with Crippen LogP contribution < -0.4 is 10.6 Å². The Balaban J connectivity index is 1.07. The van der Waals surface area contributed by atoms with Crippen LogP contribution in [0, 0.1) is 11.8 Å². The Kier molecular flexibility index (Phi) is 11.2. The molecule has 4 aliphatic rings. The van der Waals surface area contributed by atoms with Gasteiger partial charge in [-0.15, -0.1) is 0 Å². The maximum atomic E-state index is 13.1. The second-order valence-electron chi connectivity index (χ2n) is 17.1. The number of esters is 2. The minimum atomic E-state index is -0.614. The molecule has 14 heteroatoms. The van der Waals surface area contributed by atoms with E-state index in [4.69, 9.17) is 18.9 Å². The van der Waals surface area contributed by atoms with E-state index in [9.17, 15) is 9.59 Å². The molecule has 0 N–H and O–H groups in total. The van der Waals surface area contributed by atoms with E-state index in [1.807, 2.05) is 13.2 Å². The van der Waals surface area contributed by atoms with Gasteiger partial charge in [-0.25, -0.2) is 9.59 Å². The molecule has 1 aromatic carbocycles. The van der Waals surface area contributed by atoms with Crippen molar-refractivity contribution < 1.29 is 28.5 Å². The molecule has 5 aromatic rings. The van der Waals surface area contributed by atoms with Crippen molar-refractivity contribution in [1.82, 2.24) is 28.9 Å². The zero-order chi connectivity index (χ0) is 42.8. The summed E-state index contributed by atoms with van der Waals surface area (Å²) in [5.41, 5.74) is 4.42. The first-order valence-electron chi connectivity index (χ1n) is 20.6. The molecule has 0 amide bonds. The van der Waals surface area contributed by atoms with E-state index in [0.717, 1.165) is 62.3 Å². The predicted octanol–water partition coefficient (Wildman–Crippen LogP) is 5.72. The number of likely N-dealkylation sites (N-methyl/N-ethyl adjacent to an activating group) is 2. The highest BCUT2D eigenvalue weighted by Gasteiger charge is 2.53. The quantitative estimate of drug-likeness (QED) is 0.161. The Bertz CT molecular complexity index is 2700. The molecule has 2 aliphatic carbocycles. The van der Waals surface area contributed by atoms with Gasteiger partial charge in [0.25, 0.3) is 0 Å². The lowest BCUT2D eigenvalue weighted by molar-refractivity contribution is -0.131. The molecule has 6 atom stereocenters. The van der Waals surface area contributed by atoms with Crippen molar-refractivity contribution in [2.75, 3.05) is 54.6 Å². The Morgan fingerprint density at radius 2 is 1.51 bits per heavy atom. The number of methoxy groups -OCH3 is 2. The smallest absolute Gasteiger partial charge is 0.339 e. The molecule has 12 nitrogen and oxygen atoms in total. The van der Waals surface area contributed by atoms with Gasteiger partial charge in [-0.3, -0.25) is 19.8 Å². The normalized spacial score (nSPS) is 26.2. The third-order valence-electron chi connectivity index (χ3n) is 13.6. The van der Waals surface area contributed by atoms with E-state index >= 15 is 0 Å². The number of benzene rings is 1. The largest absolute Gasteiger partial charge is 0.462 e. The van der Waals surface area contributed by atoms with Gasteiger partial charge in [-0.1, -0.05) is 24.8 Å². The van der Waals surface area contributed by atoms with E-state index < -0.39 is 11.2 Å². The maximum Gasteiger partial charge on any atom is 0.339 e. The van der Waals surface area contributed by atoms with Crippen molar-refractivity contribution in [2.24, 2.45) is 18.9 Å². The molecule has 0 bridgehead atoms. The van der Waals surface area contributed by atoms with Gasteiger partial charge in [0.15, 0.2) is 0 Å². The van der Waals surface area contributed by atoms with Gasteiger partial charge in [-0.05, 0) is 113 Å². The van der Waals surface area contributed by atoms with Crippen molar-refractivity contribution in [1.29, 1.82) is 0 Å². The van der Waals surface area contributed by atoms with Crippen LogP contribution in [-0.4, -0.2) is 113 Å².